The molecule has 33 heavy (non-hydrogen) atoms. The van der Waals surface area contributed by atoms with Gasteiger partial charge in [0, 0.05) is 17.2 Å². The highest BCUT2D eigenvalue weighted by molar-refractivity contribution is 7.92. The van der Waals surface area contributed by atoms with Crippen molar-refractivity contribution < 1.29 is 22.0 Å². The number of sulfonamides is 1. The van der Waals surface area contributed by atoms with Crippen molar-refractivity contribution in [3.8, 4) is 11.3 Å². The molecular weight excluding hydrogens is 448 g/mol. The largest absolute Gasteiger partial charge is 0.288 e. The van der Waals surface area contributed by atoms with Gasteiger partial charge in [-0.05, 0) is 30.7 Å². The molecule has 0 aliphatic rings. The lowest BCUT2D eigenvalue weighted by Gasteiger charge is -2.11. The van der Waals surface area contributed by atoms with Crippen molar-refractivity contribution in [1.29, 1.82) is 0 Å². The summed E-state index contributed by atoms with van der Waals surface area (Å²) in [4.78, 5) is 21.9. The summed E-state index contributed by atoms with van der Waals surface area (Å²) in [5.41, 5.74) is 1.62. The van der Waals surface area contributed by atoms with Crippen molar-refractivity contribution in [3.63, 3.8) is 0 Å². The number of anilines is 1. The standard InChI is InChI=1S/C24H19F2N3O3S/c1-2-10-33(31,32)29-17-12-18(23(26)19(25)13-17)24(30)16-8-9-20-21(11-16)28-22(14-27-20)15-6-4-3-5-7-15/h3-9,11-14,29H,2,10H2,1H3. The number of benzene rings is 3. The third-order valence-electron chi connectivity index (χ3n) is 4.89. The van der Waals surface area contributed by atoms with E-state index in [4.69, 9.17) is 0 Å². The van der Waals surface area contributed by atoms with Crippen molar-refractivity contribution in [2.45, 2.75) is 13.3 Å². The van der Waals surface area contributed by atoms with Gasteiger partial charge in [-0.15, -0.1) is 0 Å². The molecule has 1 heterocycles. The van der Waals surface area contributed by atoms with Crippen molar-refractivity contribution in [2.24, 2.45) is 0 Å². The molecule has 0 aliphatic carbocycles. The number of nitrogens with one attached hydrogen (secondary N) is 1. The van der Waals surface area contributed by atoms with Gasteiger partial charge in [-0.1, -0.05) is 37.3 Å². The Balaban J connectivity index is 1.73. The van der Waals surface area contributed by atoms with Crippen molar-refractivity contribution in [3.05, 3.63) is 89.6 Å². The van der Waals surface area contributed by atoms with E-state index in [9.17, 15) is 22.0 Å². The molecule has 0 bridgehead atoms. The van der Waals surface area contributed by atoms with Gasteiger partial charge in [0.2, 0.25) is 10.0 Å². The number of ketones is 1. The van der Waals surface area contributed by atoms with Gasteiger partial charge in [-0.2, -0.15) is 0 Å². The second kappa shape index (κ2) is 9.03. The van der Waals surface area contributed by atoms with Crippen LogP contribution in [0.4, 0.5) is 14.5 Å². The fourth-order valence-electron chi connectivity index (χ4n) is 3.37. The second-order valence-electron chi connectivity index (χ2n) is 7.39. The maximum Gasteiger partial charge on any atom is 0.232 e. The molecule has 0 spiro atoms. The molecule has 1 N–H and O–H groups in total. The fraction of sp³-hybridized carbons (Fsp3) is 0.125. The molecule has 0 aliphatic heterocycles. The molecule has 3 aromatic carbocycles. The zero-order valence-corrected chi connectivity index (χ0v) is 18.4. The predicted molar refractivity (Wildman–Crippen MR) is 122 cm³/mol. The molecule has 0 unspecified atom stereocenters. The number of carbonyl (C=O) groups is 1. The Morgan fingerprint density at radius 2 is 1.76 bits per heavy atom. The summed E-state index contributed by atoms with van der Waals surface area (Å²) in [7, 11) is -3.75. The smallest absolute Gasteiger partial charge is 0.232 e. The summed E-state index contributed by atoms with van der Waals surface area (Å²) in [5.74, 6) is -3.69. The van der Waals surface area contributed by atoms with E-state index in [1.807, 2.05) is 30.3 Å². The first-order valence-electron chi connectivity index (χ1n) is 10.1. The average Bonchev–Trinajstić information content (AvgIpc) is 2.80. The van der Waals surface area contributed by atoms with Crippen molar-refractivity contribution >= 4 is 32.5 Å². The van der Waals surface area contributed by atoms with Crippen LogP contribution in [-0.2, 0) is 10.0 Å². The van der Waals surface area contributed by atoms with E-state index in [1.165, 1.54) is 12.1 Å². The third kappa shape index (κ3) is 4.88. The topological polar surface area (TPSA) is 89.0 Å². The molecule has 6 nitrogen and oxygen atoms in total. The van der Waals surface area contributed by atoms with Crippen LogP contribution in [0.5, 0.6) is 0 Å². The summed E-state index contributed by atoms with van der Waals surface area (Å²) in [6, 6.07) is 15.5. The molecule has 0 radical (unpaired) electrons. The first-order chi connectivity index (χ1) is 15.8. The van der Waals surface area contributed by atoms with E-state index in [0.29, 0.717) is 29.2 Å². The van der Waals surface area contributed by atoms with Crippen LogP contribution in [0.1, 0.15) is 29.3 Å². The van der Waals surface area contributed by atoms with Crippen LogP contribution < -0.4 is 4.72 Å². The van der Waals surface area contributed by atoms with Crippen LogP contribution in [0.3, 0.4) is 0 Å². The first-order valence-corrected chi connectivity index (χ1v) is 11.8. The number of carbonyl (C=O) groups excluding carboxylic acids is 1. The van der Waals surface area contributed by atoms with Crippen LogP contribution in [0, 0.1) is 11.6 Å². The van der Waals surface area contributed by atoms with Gasteiger partial charge in [0.1, 0.15) is 0 Å². The van der Waals surface area contributed by atoms with Crippen LogP contribution in [-0.4, -0.2) is 29.9 Å². The molecule has 1 aromatic heterocycles. The number of nitrogens with zero attached hydrogens (tertiary/aromatic N) is 2. The molecule has 0 saturated heterocycles. The molecule has 168 valence electrons. The highest BCUT2D eigenvalue weighted by atomic mass is 32.2. The molecule has 4 aromatic rings. The van der Waals surface area contributed by atoms with E-state index in [0.717, 1.165) is 11.6 Å². The Morgan fingerprint density at radius 3 is 2.48 bits per heavy atom. The zero-order valence-electron chi connectivity index (χ0n) is 17.5. The van der Waals surface area contributed by atoms with Crippen molar-refractivity contribution in [1.82, 2.24) is 9.97 Å². The van der Waals surface area contributed by atoms with E-state index < -0.39 is 33.0 Å². The fourth-order valence-corrected chi connectivity index (χ4v) is 4.49. The second-order valence-corrected chi connectivity index (χ2v) is 9.24. The minimum atomic E-state index is -3.75. The van der Waals surface area contributed by atoms with Gasteiger partial charge in [-0.25, -0.2) is 22.2 Å². The Labute approximate surface area is 189 Å². The Morgan fingerprint density at radius 1 is 1.00 bits per heavy atom. The SMILES string of the molecule is CCCS(=O)(=O)Nc1cc(F)c(F)c(C(=O)c2ccc3ncc(-c4ccccc4)nc3c2)c1. The van der Waals surface area contributed by atoms with E-state index in [1.54, 1.807) is 19.2 Å². The molecule has 0 fully saturated rings. The summed E-state index contributed by atoms with van der Waals surface area (Å²) >= 11 is 0. The van der Waals surface area contributed by atoms with Crippen LogP contribution in [0.15, 0.2) is 66.9 Å². The van der Waals surface area contributed by atoms with Gasteiger partial charge in [0.05, 0.1) is 39.9 Å². The number of halogens is 2. The van der Waals surface area contributed by atoms with Crippen LogP contribution >= 0.6 is 0 Å². The van der Waals surface area contributed by atoms with Crippen LogP contribution in [0.2, 0.25) is 0 Å². The van der Waals surface area contributed by atoms with E-state index >= 15 is 0 Å². The maximum absolute atomic E-state index is 14.5. The number of hydrogen-bond donors (Lipinski definition) is 1. The summed E-state index contributed by atoms with van der Waals surface area (Å²) < 4.78 is 54.9. The first kappa shape index (κ1) is 22.5. The van der Waals surface area contributed by atoms with Crippen molar-refractivity contribution in [2.75, 3.05) is 10.5 Å². The Bertz CT molecular complexity index is 1460. The minimum Gasteiger partial charge on any atom is -0.288 e. The highest BCUT2D eigenvalue weighted by Crippen LogP contribution is 2.25. The van der Waals surface area contributed by atoms with E-state index in [2.05, 4.69) is 14.7 Å². The lowest BCUT2D eigenvalue weighted by atomic mass is 10.0. The van der Waals surface area contributed by atoms with Gasteiger partial charge >= 0.3 is 0 Å². The zero-order chi connectivity index (χ0) is 23.6. The number of hydrogen-bond acceptors (Lipinski definition) is 5. The predicted octanol–water partition coefficient (Wildman–Crippen LogP) is 4.96. The molecule has 0 saturated carbocycles. The maximum atomic E-state index is 14.5. The third-order valence-corrected chi connectivity index (χ3v) is 6.39. The van der Waals surface area contributed by atoms with Crippen LogP contribution in [0.25, 0.3) is 22.3 Å². The average molecular weight is 467 g/mol. The summed E-state index contributed by atoms with van der Waals surface area (Å²) in [6.07, 6.45) is 1.95. The summed E-state index contributed by atoms with van der Waals surface area (Å²) in [5, 5.41) is 0. The number of rotatable bonds is 7. The Kier molecular flexibility index (Phi) is 6.15. The van der Waals surface area contributed by atoms with Gasteiger partial charge in [-0.3, -0.25) is 14.5 Å². The molecular formula is C24H19F2N3O3S. The van der Waals surface area contributed by atoms with Gasteiger partial charge < -0.3 is 0 Å². The number of fused-ring (bicyclic) bond motifs is 1. The van der Waals surface area contributed by atoms with Gasteiger partial charge in [0.25, 0.3) is 0 Å². The monoisotopic (exact) mass is 467 g/mol. The highest BCUT2D eigenvalue weighted by Gasteiger charge is 2.21. The normalized spacial score (nSPS) is 11.5. The quantitative estimate of drug-likeness (QED) is 0.388. The molecule has 4 rings (SSSR count). The minimum absolute atomic E-state index is 0.0638. The lowest BCUT2D eigenvalue weighted by Crippen LogP contribution is -2.17. The summed E-state index contributed by atoms with van der Waals surface area (Å²) in [6.45, 7) is 1.67. The molecule has 0 amide bonds. The van der Waals surface area contributed by atoms with Gasteiger partial charge in [0.15, 0.2) is 17.4 Å². The number of aromatic nitrogens is 2. The lowest BCUT2D eigenvalue weighted by molar-refractivity contribution is 0.103. The molecule has 0 atom stereocenters. The van der Waals surface area contributed by atoms with E-state index in [-0.39, 0.29) is 17.0 Å². The Hall–Kier alpha value is -3.72. The molecule has 9 heteroatoms.